The van der Waals surface area contributed by atoms with E-state index in [-0.39, 0.29) is 12.1 Å². The van der Waals surface area contributed by atoms with Crippen molar-refractivity contribution in [2.24, 2.45) is 5.92 Å². The van der Waals surface area contributed by atoms with Crippen LogP contribution < -0.4 is 6.15 Å². The van der Waals surface area contributed by atoms with E-state index in [4.69, 9.17) is 5.11 Å². The van der Waals surface area contributed by atoms with Crippen molar-refractivity contribution in [1.29, 1.82) is 0 Å². The summed E-state index contributed by atoms with van der Waals surface area (Å²) in [7, 11) is 0. The van der Waals surface area contributed by atoms with E-state index in [1.54, 1.807) is 0 Å². The van der Waals surface area contributed by atoms with Crippen LogP contribution in [0.5, 0.6) is 0 Å². The molecule has 3 heteroatoms. The predicted octanol–water partition coefficient (Wildman–Crippen LogP) is 1.42. The standard InChI is InChI=1S/C6H10O2.H3N/c7-6(8)5-3-1-2-4-5;/h5H,1-4H2,(H,7,8);1H3. The van der Waals surface area contributed by atoms with Crippen molar-refractivity contribution in [2.75, 3.05) is 0 Å². The summed E-state index contributed by atoms with van der Waals surface area (Å²) in [5, 5.41) is 8.41. The lowest BCUT2D eigenvalue weighted by Crippen LogP contribution is -2.07. The minimum Gasteiger partial charge on any atom is -0.481 e. The lowest BCUT2D eigenvalue weighted by molar-refractivity contribution is -0.141. The molecule has 0 aromatic rings. The summed E-state index contributed by atoms with van der Waals surface area (Å²) >= 11 is 0. The highest BCUT2D eigenvalue weighted by atomic mass is 16.4. The minimum atomic E-state index is -0.609. The molecule has 0 heterocycles. The van der Waals surface area contributed by atoms with Gasteiger partial charge in [0.05, 0.1) is 5.92 Å². The fraction of sp³-hybridized carbons (Fsp3) is 0.833. The molecule has 4 N–H and O–H groups in total. The number of aliphatic carboxylic acids is 1. The van der Waals surface area contributed by atoms with Crippen LogP contribution in [0.1, 0.15) is 25.7 Å². The Labute approximate surface area is 54.6 Å². The highest BCUT2D eigenvalue weighted by molar-refractivity contribution is 5.70. The van der Waals surface area contributed by atoms with Gasteiger partial charge in [-0.05, 0) is 12.8 Å². The Bertz CT molecular complexity index is 97.2. The first kappa shape index (κ1) is 8.43. The van der Waals surface area contributed by atoms with Crippen LogP contribution in [-0.2, 0) is 4.79 Å². The Hall–Kier alpha value is -0.570. The van der Waals surface area contributed by atoms with E-state index in [0.29, 0.717) is 0 Å². The van der Waals surface area contributed by atoms with Gasteiger partial charge in [0, 0.05) is 0 Å². The van der Waals surface area contributed by atoms with Crippen LogP contribution in [0.2, 0.25) is 0 Å². The van der Waals surface area contributed by atoms with Gasteiger partial charge in [-0.3, -0.25) is 4.79 Å². The minimum absolute atomic E-state index is 0. The molecule has 9 heavy (non-hydrogen) atoms. The van der Waals surface area contributed by atoms with Gasteiger partial charge in [0.1, 0.15) is 0 Å². The second-order valence-corrected chi connectivity index (χ2v) is 2.32. The van der Waals surface area contributed by atoms with Crippen molar-refractivity contribution in [1.82, 2.24) is 6.15 Å². The van der Waals surface area contributed by atoms with Gasteiger partial charge in [0.25, 0.3) is 0 Å². The van der Waals surface area contributed by atoms with Crippen LogP contribution in [0.25, 0.3) is 0 Å². The van der Waals surface area contributed by atoms with E-state index in [2.05, 4.69) is 0 Å². The average molecular weight is 131 g/mol. The Morgan fingerprint density at radius 2 is 1.78 bits per heavy atom. The Morgan fingerprint density at radius 3 is 2.00 bits per heavy atom. The third-order valence-electron chi connectivity index (χ3n) is 1.70. The largest absolute Gasteiger partial charge is 0.481 e. The Kier molecular flexibility index (Phi) is 3.24. The van der Waals surface area contributed by atoms with Gasteiger partial charge in [-0.25, -0.2) is 0 Å². The molecule has 1 aliphatic carbocycles. The number of carboxylic acid groups (broad SMARTS) is 1. The Balaban J connectivity index is 0.000000640. The third kappa shape index (κ3) is 2.01. The summed E-state index contributed by atoms with van der Waals surface area (Å²) in [6.07, 6.45) is 4.01. The summed E-state index contributed by atoms with van der Waals surface area (Å²) in [5.74, 6) is -0.627. The van der Waals surface area contributed by atoms with E-state index < -0.39 is 5.97 Å². The molecular weight excluding hydrogens is 118 g/mol. The highest BCUT2D eigenvalue weighted by Crippen LogP contribution is 2.24. The fourth-order valence-electron chi connectivity index (χ4n) is 1.17. The van der Waals surface area contributed by atoms with Crippen LogP contribution in [0.15, 0.2) is 0 Å². The summed E-state index contributed by atoms with van der Waals surface area (Å²) in [4.78, 5) is 10.2. The third-order valence-corrected chi connectivity index (χ3v) is 1.70. The molecule has 0 unspecified atom stereocenters. The van der Waals surface area contributed by atoms with Gasteiger partial charge in [-0.15, -0.1) is 0 Å². The average Bonchev–Trinajstić information content (AvgIpc) is 2.12. The molecule has 54 valence electrons. The molecule has 0 saturated heterocycles. The molecule has 1 rings (SSSR count). The molecule has 3 nitrogen and oxygen atoms in total. The second-order valence-electron chi connectivity index (χ2n) is 2.32. The van der Waals surface area contributed by atoms with E-state index in [1.165, 1.54) is 0 Å². The van der Waals surface area contributed by atoms with Gasteiger partial charge in [-0.1, -0.05) is 12.8 Å². The van der Waals surface area contributed by atoms with Crippen LogP contribution in [-0.4, -0.2) is 11.1 Å². The molecule has 0 aromatic carbocycles. The van der Waals surface area contributed by atoms with E-state index in [9.17, 15) is 4.79 Å². The molecule has 1 aliphatic rings. The first-order chi connectivity index (χ1) is 3.80. The molecule has 1 fully saturated rings. The van der Waals surface area contributed by atoms with Gasteiger partial charge in [-0.2, -0.15) is 0 Å². The maximum absolute atomic E-state index is 10.2. The maximum atomic E-state index is 10.2. The number of rotatable bonds is 1. The number of carboxylic acids is 1. The molecule has 0 bridgehead atoms. The number of hydrogen-bond donors (Lipinski definition) is 2. The predicted molar refractivity (Wildman–Crippen MR) is 34.6 cm³/mol. The van der Waals surface area contributed by atoms with Crippen LogP contribution in [0.3, 0.4) is 0 Å². The van der Waals surface area contributed by atoms with Gasteiger partial charge in [0.15, 0.2) is 0 Å². The monoisotopic (exact) mass is 131 g/mol. The van der Waals surface area contributed by atoms with Crippen molar-refractivity contribution >= 4 is 5.97 Å². The van der Waals surface area contributed by atoms with Gasteiger partial charge >= 0.3 is 5.97 Å². The van der Waals surface area contributed by atoms with Crippen molar-refractivity contribution < 1.29 is 9.90 Å². The molecule has 0 aliphatic heterocycles. The van der Waals surface area contributed by atoms with Crippen LogP contribution in [0, 0.1) is 5.92 Å². The lowest BCUT2D eigenvalue weighted by atomic mass is 10.1. The first-order valence-corrected chi connectivity index (χ1v) is 3.03. The summed E-state index contributed by atoms with van der Waals surface area (Å²) in [5.41, 5.74) is 0. The number of carbonyl (C=O) groups is 1. The molecule has 0 radical (unpaired) electrons. The fourth-order valence-corrected chi connectivity index (χ4v) is 1.17. The molecule has 1 saturated carbocycles. The molecule has 0 amide bonds. The molecule has 0 atom stereocenters. The van der Waals surface area contributed by atoms with Crippen molar-refractivity contribution in [2.45, 2.75) is 25.7 Å². The smallest absolute Gasteiger partial charge is 0.306 e. The zero-order valence-electron chi connectivity index (χ0n) is 5.47. The zero-order valence-corrected chi connectivity index (χ0v) is 5.47. The summed E-state index contributed by atoms with van der Waals surface area (Å²) < 4.78 is 0. The topological polar surface area (TPSA) is 72.3 Å². The van der Waals surface area contributed by atoms with Crippen molar-refractivity contribution in [3.63, 3.8) is 0 Å². The van der Waals surface area contributed by atoms with Gasteiger partial charge < -0.3 is 11.3 Å². The zero-order chi connectivity index (χ0) is 5.98. The van der Waals surface area contributed by atoms with E-state index in [1.807, 2.05) is 0 Å². The first-order valence-electron chi connectivity index (χ1n) is 3.03. The van der Waals surface area contributed by atoms with Crippen molar-refractivity contribution in [3.05, 3.63) is 0 Å². The quantitative estimate of drug-likeness (QED) is 0.565. The molecule has 0 spiro atoms. The van der Waals surface area contributed by atoms with Crippen LogP contribution in [0.4, 0.5) is 0 Å². The lowest BCUT2D eigenvalue weighted by Gasteiger charge is -1.97. The van der Waals surface area contributed by atoms with Crippen LogP contribution >= 0.6 is 0 Å². The van der Waals surface area contributed by atoms with Gasteiger partial charge in [0.2, 0.25) is 0 Å². The second kappa shape index (κ2) is 3.45. The Morgan fingerprint density at radius 1 is 1.33 bits per heavy atom. The maximum Gasteiger partial charge on any atom is 0.306 e. The van der Waals surface area contributed by atoms with E-state index in [0.717, 1.165) is 25.7 Å². The molecular formula is C6H13NO2. The normalized spacial score (nSPS) is 19.1. The summed E-state index contributed by atoms with van der Waals surface area (Å²) in [6, 6.07) is 0. The SMILES string of the molecule is N.O=C(O)C1CCCC1. The van der Waals surface area contributed by atoms with Crippen molar-refractivity contribution in [3.8, 4) is 0 Å². The highest BCUT2D eigenvalue weighted by Gasteiger charge is 2.20. The molecule has 0 aromatic heterocycles. The number of hydrogen-bond acceptors (Lipinski definition) is 2. The van der Waals surface area contributed by atoms with E-state index >= 15 is 0 Å². The summed E-state index contributed by atoms with van der Waals surface area (Å²) in [6.45, 7) is 0.